The van der Waals surface area contributed by atoms with Gasteiger partial charge >= 0.3 is 5.97 Å². The molecule has 1 aromatic carbocycles. The number of rotatable bonds is 4. The highest BCUT2D eigenvalue weighted by molar-refractivity contribution is 5.97. The molecule has 2 N–H and O–H groups in total. The third-order valence-corrected chi connectivity index (χ3v) is 2.33. The number of hydrogen-bond acceptors (Lipinski definition) is 3. The summed E-state index contributed by atoms with van der Waals surface area (Å²) < 4.78 is 0. The third-order valence-electron chi connectivity index (χ3n) is 2.33. The number of likely N-dealkylation sites (N-methyl/N-ethyl adjacent to an activating group) is 1. The van der Waals surface area contributed by atoms with Crippen molar-refractivity contribution >= 4 is 11.9 Å². The van der Waals surface area contributed by atoms with Crippen LogP contribution in [0.3, 0.4) is 0 Å². The van der Waals surface area contributed by atoms with Crippen LogP contribution in [0.5, 0.6) is 0 Å². The van der Waals surface area contributed by atoms with Crippen molar-refractivity contribution in [3.05, 3.63) is 35.4 Å². The summed E-state index contributed by atoms with van der Waals surface area (Å²) in [4.78, 5) is 24.2. The monoisotopic (exact) mass is 251 g/mol. The van der Waals surface area contributed by atoms with Gasteiger partial charge in [0.05, 0.1) is 11.2 Å². The second-order valence-electron chi connectivity index (χ2n) is 4.86. The lowest BCUT2D eigenvalue weighted by Crippen LogP contribution is -2.39. The van der Waals surface area contributed by atoms with Crippen LogP contribution < -0.4 is 0 Å². The number of carboxylic acid groups (broad SMARTS) is 1. The van der Waals surface area contributed by atoms with Crippen molar-refractivity contribution in [2.75, 3.05) is 13.6 Å². The molecule has 0 unspecified atom stereocenters. The first kappa shape index (κ1) is 14.2. The molecule has 0 atom stereocenters. The lowest BCUT2D eigenvalue weighted by Gasteiger charge is -2.25. The highest BCUT2D eigenvalue weighted by Crippen LogP contribution is 2.10. The molecule has 0 aliphatic rings. The number of hydrogen-bond donors (Lipinski definition) is 2. The summed E-state index contributed by atoms with van der Waals surface area (Å²) in [6.07, 6.45) is 0. The van der Waals surface area contributed by atoms with Crippen LogP contribution in [-0.4, -0.2) is 46.2 Å². The van der Waals surface area contributed by atoms with E-state index in [1.165, 1.54) is 23.1 Å². The molecule has 1 aromatic rings. The minimum absolute atomic E-state index is 0.0671. The van der Waals surface area contributed by atoms with Gasteiger partial charge in [-0.15, -0.1) is 0 Å². The van der Waals surface area contributed by atoms with E-state index < -0.39 is 11.6 Å². The zero-order valence-electron chi connectivity index (χ0n) is 10.7. The standard InChI is InChI=1S/C13H17NO4/c1-13(2,18)8-14(3)11(15)9-5-4-6-10(7-9)12(16)17/h4-7,18H,8H2,1-3H3,(H,16,17). The van der Waals surface area contributed by atoms with Gasteiger partial charge < -0.3 is 15.1 Å². The fourth-order valence-electron chi connectivity index (χ4n) is 1.66. The number of carbonyl (C=O) groups is 2. The molecule has 5 heteroatoms. The number of aliphatic hydroxyl groups is 1. The average Bonchev–Trinajstić information content (AvgIpc) is 2.26. The minimum atomic E-state index is -1.07. The first-order valence-electron chi connectivity index (χ1n) is 5.52. The van der Waals surface area contributed by atoms with Crippen LogP contribution in [0.1, 0.15) is 34.6 Å². The van der Waals surface area contributed by atoms with E-state index in [0.717, 1.165) is 0 Å². The summed E-state index contributed by atoms with van der Waals surface area (Å²) in [7, 11) is 1.56. The van der Waals surface area contributed by atoms with Crippen molar-refractivity contribution in [1.82, 2.24) is 4.90 Å². The Morgan fingerprint density at radius 2 is 1.83 bits per heavy atom. The van der Waals surface area contributed by atoms with Crippen molar-refractivity contribution < 1.29 is 19.8 Å². The lowest BCUT2D eigenvalue weighted by molar-refractivity contribution is 0.0367. The topological polar surface area (TPSA) is 77.8 Å². The van der Waals surface area contributed by atoms with Crippen LogP contribution in [0, 0.1) is 0 Å². The molecular formula is C13H17NO4. The van der Waals surface area contributed by atoms with Gasteiger partial charge in [-0.2, -0.15) is 0 Å². The second-order valence-corrected chi connectivity index (χ2v) is 4.86. The molecule has 98 valence electrons. The molecule has 1 amide bonds. The zero-order valence-corrected chi connectivity index (χ0v) is 10.7. The number of carboxylic acids is 1. The Balaban J connectivity index is 2.90. The Bertz CT molecular complexity index is 462. The zero-order chi connectivity index (χ0) is 13.9. The number of nitrogens with zero attached hydrogens (tertiary/aromatic N) is 1. The molecule has 18 heavy (non-hydrogen) atoms. The molecule has 0 aliphatic carbocycles. The molecule has 0 fully saturated rings. The molecule has 0 spiro atoms. The largest absolute Gasteiger partial charge is 0.478 e. The maximum atomic E-state index is 12.0. The Labute approximate surface area is 106 Å². The van der Waals surface area contributed by atoms with E-state index >= 15 is 0 Å². The van der Waals surface area contributed by atoms with E-state index in [2.05, 4.69) is 0 Å². The highest BCUT2D eigenvalue weighted by Gasteiger charge is 2.20. The van der Waals surface area contributed by atoms with Crippen molar-refractivity contribution in [2.24, 2.45) is 0 Å². The van der Waals surface area contributed by atoms with Crippen molar-refractivity contribution in [1.29, 1.82) is 0 Å². The van der Waals surface area contributed by atoms with Gasteiger partial charge in [0.1, 0.15) is 0 Å². The SMILES string of the molecule is CN(CC(C)(C)O)C(=O)c1cccc(C(=O)O)c1. The molecule has 0 radical (unpaired) electrons. The van der Waals surface area contributed by atoms with Crippen LogP contribution >= 0.6 is 0 Å². The Hall–Kier alpha value is -1.88. The van der Waals surface area contributed by atoms with Gasteiger partial charge in [-0.1, -0.05) is 6.07 Å². The molecule has 0 bridgehead atoms. The van der Waals surface area contributed by atoms with Gasteiger partial charge in [0.15, 0.2) is 0 Å². The summed E-state index contributed by atoms with van der Waals surface area (Å²) in [6.45, 7) is 3.37. The molecular weight excluding hydrogens is 234 g/mol. The van der Waals surface area contributed by atoms with E-state index in [0.29, 0.717) is 5.56 Å². The Kier molecular flexibility index (Phi) is 4.08. The molecule has 0 heterocycles. The van der Waals surface area contributed by atoms with Gasteiger partial charge in [0.25, 0.3) is 5.91 Å². The summed E-state index contributed by atoms with van der Waals surface area (Å²) in [5.41, 5.74) is -0.631. The smallest absolute Gasteiger partial charge is 0.335 e. The first-order chi connectivity index (χ1) is 8.20. The van der Waals surface area contributed by atoms with Gasteiger partial charge in [0, 0.05) is 19.2 Å². The predicted molar refractivity (Wildman–Crippen MR) is 66.7 cm³/mol. The number of carbonyl (C=O) groups excluding carboxylic acids is 1. The number of amides is 1. The highest BCUT2D eigenvalue weighted by atomic mass is 16.4. The quantitative estimate of drug-likeness (QED) is 0.843. The van der Waals surface area contributed by atoms with Crippen LogP contribution in [0.15, 0.2) is 24.3 Å². The van der Waals surface area contributed by atoms with Gasteiger partial charge in [-0.3, -0.25) is 4.79 Å². The Morgan fingerprint density at radius 3 is 2.33 bits per heavy atom. The first-order valence-corrected chi connectivity index (χ1v) is 5.52. The molecule has 0 aromatic heterocycles. The van der Waals surface area contributed by atoms with E-state index in [1.807, 2.05) is 0 Å². The Morgan fingerprint density at radius 1 is 1.28 bits per heavy atom. The normalized spacial score (nSPS) is 11.1. The summed E-state index contributed by atoms with van der Waals surface area (Å²) in [5, 5.41) is 18.5. The summed E-state index contributed by atoms with van der Waals surface area (Å²) >= 11 is 0. The van der Waals surface area contributed by atoms with Gasteiger partial charge in [-0.05, 0) is 32.0 Å². The van der Waals surface area contributed by atoms with E-state index in [1.54, 1.807) is 27.0 Å². The van der Waals surface area contributed by atoms with E-state index in [-0.39, 0.29) is 18.0 Å². The second kappa shape index (κ2) is 5.18. The minimum Gasteiger partial charge on any atom is -0.478 e. The molecule has 0 aliphatic heterocycles. The van der Waals surface area contributed by atoms with Crippen LogP contribution in [0.2, 0.25) is 0 Å². The molecule has 1 rings (SSSR count). The van der Waals surface area contributed by atoms with Gasteiger partial charge in [0.2, 0.25) is 0 Å². The van der Waals surface area contributed by atoms with E-state index in [9.17, 15) is 14.7 Å². The van der Waals surface area contributed by atoms with E-state index in [4.69, 9.17) is 5.11 Å². The molecule has 0 saturated heterocycles. The van der Waals surface area contributed by atoms with Crippen LogP contribution in [0.25, 0.3) is 0 Å². The molecule has 0 saturated carbocycles. The summed E-state index contributed by atoms with van der Waals surface area (Å²) in [5.74, 6) is -1.39. The van der Waals surface area contributed by atoms with Gasteiger partial charge in [-0.25, -0.2) is 4.79 Å². The van der Waals surface area contributed by atoms with Crippen molar-refractivity contribution in [2.45, 2.75) is 19.4 Å². The maximum absolute atomic E-state index is 12.0. The summed E-state index contributed by atoms with van der Waals surface area (Å²) in [6, 6.07) is 5.82. The molecule has 5 nitrogen and oxygen atoms in total. The average molecular weight is 251 g/mol. The fraction of sp³-hybridized carbons (Fsp3) is 0.385. The maximum Gasteiger partial charge on any atom is 0.335 e. The van der Waals surface area contributed by atoms with Crippen molar-refractivity contribution in [3.8, 4) is 0 Å². The predicted octanol–water partition coefficient (Wildman–Crippen LogP) is 1.23. The lowest BCUT2D eigenvalue weighted by atomic mass is 10.1. The number of aromatic carboxylic acids is 1. The number of benzene rings is 1. The van der Waals surface area contributed by atoms with Crippen LogP contribution in [0.4, 0.5) is 0 Å². The van der Waals surface area contributed by atoms with Crippen LogP contribution in [-0.2, 0) is 0 Å². The third kappa shape index (κ3) is 3.85. The fourth-order valence-corrected chi connectivity index (χ4v) is 1.66. The van der Waals surface area contributed by atoms with Crippen molar-refractivity contribution in [3.63, 3.8) is 0 Å².